The average Bonchev–Trinajstić information content (AvgIpc) is 2.74. The van der Waals surface area contributed by atoms with E-state index in [1.54, 1.807) is 6.92 Å². The number of piperazine rings is 1. The SMILES string of the molecule is CC.CC.CC.CC.CC(=O)N1CCN(C(=O)C2CCN(C)CC2)CC1. The molecule has 0 spiro atoms. The summed E-state index contributed by atoms with van der Waals surface area (Å²) in [6.07, 6.45) is 1.95. The largest absolute Gasteiger partial charge is 0.339 e. The molecule has 158 valence electrons. The van der Waals surface area contributed by atoms with E-state index in [1.807, 2.05) is 65.2 Å². The van der Waals surface area contributed by atoms with Crippen molar-refractivity contribution in [2.45, 2.75) is 75.2 Å². The lowest BCUT2D eigenvalue weighted by atomic mass is 9.95. The number of piperidine rings is 1. The maximum atomic E-state index is 12.3. The standard InChI is InChI=1S/C13H23N3O2.4C2H6/c1-11(17)15-7-9-16(10-8-15)13(18)12-3-5-14(2)6-4-12;4*1-2/h12H,3-10H2,1-2H3;4*1-2H3. The minimum absolute atomic E-state index is 0.112. The third-order valence-corrected chi connectivity index (χ3v) is 4.10. The molecule has 2 aliphatic heterocycles. The molecule has 0 aromatic heterocycles. The first-order chi connectivity index (χ1) is 12.6. The van der Waals surface area contributed by atoms with Crippen LogP contribution in [0, 0.1) is 5.92 Å². The van der Waals surface area contributed by atoms with Crippen molar-refractivity contribution in [2.75, 3.05) is 46.3 Å². The van der Waals surface area contributed by atoms with Gasteiger partial charge >= 0.3 is 0 Å². The molecular formula is C21H47N3O2. The van der Waals surface area contributed by atoms with Crippen molar-refractivity contribution < 1.29 is 9.59 Å². The first kappa shape index (κ1) is 29.7. The molecule has 2 aliphatic rings. The summed E-state index contributed by atoms with van der Waals surface area (Å²) in [4.78, 5) is 29.6. The summed E-state index contributed by atoms with van der Waals surface area (Å²) in [6, 6.07) is 0. The van der Waals surface area contributed by atoms with Gasteiger partial charge in [-0.2, -0.15) is 0 Å². The van der Waals surface area contributed by atoms with Crippen LogP contribution in [0.2, 0.25) is 0 Å². The highest BCUT2D eigenvalue weighted by molar-refractivity contribution is 5.79. The van der Waals surface area contributed by atoms with Gasteiger partial charge in [-0.3, -0.25) is 9.59 Å². The third-order valence-electron chi connectivity index (χ3n) is 4.10. The lowest BCUT2D eigenvalue weighted by Crippen LogP contribution is -2.52. The van der Waals surface area contributed by atoms with E-state index in [1.165, 1.54) is 0 Å². The quantitative estimate of drug-likeness (QED) is 0.694. The number of likely N-dealkylation sites (tertiary alicyclic amines) is 1. The molecule has 5 nitrogen and oxygen atoms in total. The Balaban J connectivity index is -0.000000585. The van der Waals surface area contributed by atoms with E-state index >= 15 is 0 Å². The molecule has 5 heteroatoms. The molecular weight excluding hydrogens is 326 g/mol. The minimum Gasteiger partial charge on any atom is -0.339 e. The number of rotatable bonds is 1. The fourth-order valence-corrected chi connectivity index (χ4v) is 2.76. The molecule has 2 fully saturated rings. The van der Waals surface area contributed by atoms with Gasteiger partial charge in [0.1, 0.15) is 0 Å². The van der Waals surface area contributed by atoms with Crippen LogP contribution in [0.25, 0.3) is 0 Å². The number of amides is 2. The molecule has 0 saturated carbocycles. The normalized spacial score (nSPS) is 17.0. The van der Waals surface area contributed by atoms with Gasteiger partial charge in [-0.05, 0) is 33.0 Å². The third kappa shape index (κ3) is 11.5. The van der Waals surface area contributed by atoms with Crippen molar-refractivity contribution >= 4 is 11.8 Å². The number of carbonyl (C=O) groups is 2. The van der Waals surface area contributed by atoms with Crippen LogP contribution in [0.5, 0.6) is 0 Å². The molecule has 26 heavy (non-hydrogen) atoms. The molecule has 0 bridgehead atoms. The number of carbonyl (C=O) groups excluding carboxylic acids is 2. The average molecular weight is 374 g/mol. The zero-order chi connectivity index (χ0) is 21.1. The molecule has 0 radical (unpaired) electrons. The van der Waals surface area contributed by atoms with Gasteiger partial charge in [0.2, 0.25) is 11.8 Å². The van der Waals surface area contributed by atoms with Crippen LogP contribution >= 0.6 is 0 Å². The lowest BCUT2D eigenvalue weighted by Gasteiger charge is -2.37. The number of nitrogens with zero attached hydrogens (tertiary/aromatic N) is 3. The predicted octanol–water partition coefficient (Wildman–Crippen LogP) is 4.12. The second kappa shape index (κ2) is 20.2. The molecule has 0 unspecified atom stereocenters. The Morgan fingerprint density at radius 1 is 0.654 bits per heavy atom. The predicted molar refractivity (Wildman–Crippen MR) is 114 cm³/mol. The Morgan fingerprint density at radius 3 is 1.35 bits per heavy atom. The second-order valence-electron chi connectivity index (χ2n) is 5.41. The van der Waals surface area contributed by atoms with E-state index in [2.05, 4.69) is 11.9 Å². The van der Waals surface area contributed by atoms with Gasteiger partial charge in [0.25, 0.3) is 0 Å². The van der Waals surface area contributed by atoms with Gasteiger partial charge in [-0.15, -0.1) is 0 Å². The van der Waals surface area contributed by atoms with Crippen LogP contribution in [0.3, 0.4) is 0 Å². The van der Waals surface area contributed by atoms with E-state index in [0.29, 0.717) is 32.1 Å². The van der Waals surface area contributed by atoms with Gasteiger partial charge in [-0.25, -0.2) is 0 Å². The van der Waals surface area contributed by atoms with Crippen LogP contribution in [0.1, 0.15) is 75.2 Å². The van der Waals surface area contributed by atoms with Gasteiger partial charge in [0.05, 0.1) is 0 Å². The van der Waals surface area contributed by atoms with Crippen molar-refractivity contribution in [3.8, 4) is 0 Å². The molecule has 2 saturated heterocycles. The second-order valence-corrected chi connectivity index (χ2v) is 5.41. The zero-order valence-electron chi connectivity index (χ0n) is 19.4. The lowest BCUT2D eigenvalue weighted by molar-refractivity contribution is -0.142. The van der Waals surface area contributed by atoms with Crippen LogP contribution < -0.4 is 0 Å². The molecule has 2 heterocycles. The van der Waals surface area contributed by atoms with Gasteiger partial charge in [0, 0.05) is 39.0 Å². The summed E-state index contributed by atoms with van der Waals surface area (Å²) in [5.41, 5.74) is 0. The molecule has 0 atom stereocenters. The zero-order valence-corrected chi connectivity index (χ0v) is 19.4. The summed E-state index contributed by atoms with van der Waals surface area (Å²) in [5, 5.41) is 0. The minimum atomic E-state index is 0.112. The monoisotopic (exact) mass is 373 g/mol. The summed E-state index contributed by atoms with van der Waals surface area (Å²) < 4.78 is 0. The summed E-state index contributed by atoms with van der Waals surface area (Å²) in [7, 11) is 2.10. The highest BCUT2D eigenvalue weighted by Crippen LogP contribution is 2.19. The smallest absolute Gasteiger partial charge is 0.225 e. The van der Waals surface area contributed by atoms with E-state index in [0.717, 1.165) is 25.9 Å². The van der Waals surface area contributed by atoms with Gasteiger partial charge < -0.3 is 14.7 Å². The Hall–Kier alpha value is -1.10. The summed E-state index contributed by atoms with van der Waals surface area (Å²) in [5.74, 6) is 0.609. The first-order valence-corrected chi connectivity index (χ1v) is 10.8. The maximum Gasteiger partial charge on any atom is 0.225 e. The highest BCUT2D eigenvalue weighted by atomic mass is 16.2. The maximum absolute atomic E-state index is 12.3. The van der Waals surface area contributed by atoms with Crippen LogP contribution in [0.15, 0.2) is 0 Å². The van der Waals surface area contributed by atoms with Crippen molar-refractivity contribution in [1.82, 2.24) is 14.7 Å². The van der Waals surface area contributed by atoms with Gasteiger partial charge in [-0.1, -0.05) is 55.4 Å². The fraction of sp³-hybridized carbons (Fsp3) is 0.905. The Labute approximate surface area is 164 Å². The van der Waals surface area contributed by atoms with Crippen molar-refractivity contribution in [1.29, 1.82) is 0 Å². The fourth-order valence-electron chi connectivity index (χ4n) is 2.76. The topological polar surface area (TPSA) is 43.9 Å². The van der Waals surface area contributed by atoms with Crippen LogP contribution in [-0.4, -0.2) is 72.8 Å². The van der Waals surface area contributed by atoms with Gasteiger partial charge in [0.15, 0.2) is 0 Å². The molecule has 2 rings (SSSR count). The van der Waals surface area contributed by atoms with Crippen molar-refractivity contribution in [2.24, 2.45) is 5.92 Å². The van der Waals surface area contributed by atoms with E-state index in [9.17, 15) is 9.59 Å². The van der Waals surface area contributed by atoms with E-state index in [-0.39, 0.29) is 11.8 Å². The van der Waals surface area contributed by atoms with E-state index in [4.69, 9.17) is 0 Å². The number of hydrogen-bond acceptors (Lipinski definition) is 3. The summed E-state index contributed by atoms with van der Waals surface area (Å²) >= 11 is 0. The Morgan fingerprint density at radius 2 is 1.00 bits per heavy atom. The molecule has 0 aromatic rings. The van der Waals surface area contributed by atoms with Crippen LogP contribution in [-0.2, 0) is 9.59 Å². The Bertz CT molecular complexity index is 319. The molecule has 0 aromatic carbocycles. The highest BCUT2D eigenvalue weighted by Gasteiger charge is 2.29. The molecule has 0 aliphatic carbocycles. The molecule has 0 N–H and O–H groups in total. The van der Waals surface area contributed by atoms with Crippen molar-refractivity contribution in [3.05, 3.63) is 0 Å². The van der Waals surface area contributed by atoms with Crippen LogP contribution in [0.4, 0.5) is 0 Å². The van der Waals surface area contributed by atoms with E-state index < -0.39 is 0 Å². The molecule has 2 amide bonds. The Kier molecular flexibility index (Phi) is 23.1. The van der Waals surface area contributed by atoms with Crippen molar-refractivity contribution in [3.63, 3.8) is 0 Å². The first-order valence-electron chi connectivity index (χ1n) is 10.8. The number of hydrogen-bond donors (Lipinski definition) is 0. The summed E-state index contributed by atoms with van der Waals surface area (Å²) in [6.45, 7) is 22.4.